The van der Waals surface area contributed by atoms with E-state index in [2.05, 4.69) is 21.2 Å². The van der Waals surface area contributed by atoms with Crippen LogP contribution in [0.25, 0.3) is 0 Å². The highest BCUT2D eigenvalue weighted by atomic mass is 79.9. The Morgan fingerprint density at radius 1 is 1.44 bits per heavy atom. The molecule has 1 aromatic carbocycles. The monoisotopic (exact) mass is 324 g/mol. The maximum absolute atomic E-state index is 12.0. The van der Waals surface area contributed by atoms with Crippen molar-refractivity contribution >= 4 is 21.6 Å². The summed E-state index contributed by atoms with van der Waals surface area (Å²) in [5.41, 5.74) is 0.480. The van der Waals surface area contributed by atoms with Crippen LogP contribution in [0.4, 0.5) is 14.5 Å². The number of rotatable bonds is 6. The zero-order valence-corrected chi connectivity index (χ0v) is 10.7. The molecule has 0 radical (unpaired) electrons. The highest BCUT2D eigenvalue weighted by Crippen LogP contribution is 2.21. The Bertz CT molecular complexity index is 432. The Labute approximate surface area is 110 Å². The lowest BCUT2D eigenvalue weighted by Crippen LogP contribution is -2.31. The molecule has 0 saturated carbocycles. The summed E-state index contributed by atoms with van der Waals surface area (Å²) < 4.78 is 24.5. The maximum Gasteiger partial charge on any atom is 0.270 e. The zero-order valence-electron chi connectivity index (χ0n) is 9.15. The fourth-order valence-corrected chi connectivity index (χ4v) is 1.82. The van der Waals surface area contributed by atoms with Gasteiger partial charge >= 0.3 is 0 Å². The molecule has 8 heteroatoms. The van der Waals surface area contributed by atoms with E-state index in [1.54, 1.807) is 6.07 Å². The number of nitro groups is 1. The summed E-state index contributed by atoms with van der Waals surface area (Å²) in [6.45, 7) is -0.123. The molecular formula is C10H11BrF2N2O3. The number of nitrogens with one attached hydrogen (secondary N) is 1. The summed E-state index contributed by atoms with van der Waals surface area (Å²) in [5.74, 6) is 0. The van der Waals surface area contributed by atoms with Crippen LogP contribution in [0.1, 0.15) is 5.56 Å². The van der Waals surface area contributed by atoms with Crippen molar-refractivity contribution in [2.75, 3.05) is 6.54 Å². The van der Waals surface area contributed by atoms with Gasteiger partial charge in [0.05, 0.1) is 4.92 Å². The van der Waals surface area contributed by atoms with Gasteiger partial charge in [-0.2, -0.15) is 0 Å². The lowest BCUT2D eigenvalue weighted by molar-refractivity contribution is -0.385. The minimum atomic E-state index is -2.81. The van der Waals surface area contributed by atoms with E-state index < -0.39 is 17.5 Å². The van der Waals surface area contributed by atoms with Crippen molar-refractivity contribution in [2.24, 2.45) is 0 Å². The van der Waals surface area contributed by atoms with Crippen molar-refractivity contribution < 1.29 is 18.8 Å². The second-order valence-electron chi connectivity index (χ2n) is 3.61. The molecule has 0 aromatic heterocycles. The summed E-state index contributed by atoms with van der Waals surface area (Å²) in [4.78, 5) is 10.1. The Morgan fingerprint density at radius 3 is 2.67 bits per heavy atom. The van der Waals surface area contributed by atoms with Gasteiger partial charge < -0.3 is 10.4 Å². The number of nitrogens with zero attached hydrogens (tertiary/aromatic N) is 1. The molecule has 18 heavy (non-hydrogen) atoms. The van der Waals surface area contributed by atoms with E-state index in [9.17, 15) is 18.9 Å². The zero-order chi connectivity index (χ0) is 13.7. The van der Waals surface area contributed by atoms with Crippen LogP contribution in [0.15, 0.2) is 22.7 Å². The van der Waals surface area contributed by atoms with Gasteiger partial charge in [-0.3, -0.25) is 10.1 Å². The van der Waals surface area contributed by atoms with Crippen LogP contribution in [0.2, 0.25) is 0 Å². The average molecular weight is 325 g/mol. The van der Waals surface area contributed by atoms with Gasteiger partial charge in [0, 0.05) is 29.7 Å². The minimum Gasteiger partial charge on any atom is -0.386 e. The fourth-order valence-electron chi connectivity index (χ4n) is 1.29. The topological polar surface area (TPSA) is 75.4 Å². The van der Waals surface area contributed by atoms with Gasteiger partial charge in [0.25, 0.3) is 12.1 Å². The van der Waals surface area contributed by atoms with E-state index in [1.807, 2.05) is 0 Å². The number of aliphatic hydroxyl groups is 1. The first kappa shape index (κ1) is 14.9. The first-order valence-electron chi connectivity index (χ1n) is 5.01. The lowest BCUT2D eigenvalue weighted by atomic mass is 10.2. The van der Waals surface area contributed by atoms with Crippen molar-refractivity contribution in [3.63, 3.8) is 0 Å². The Kier molecular flexibility index (Phi) is 5.57. The number of hydrogen-bond acceptors (Lipinski definition) is 4. The molecule has 1 unspecified atom stereocenters. The average Bonchev–Trinajstić information content (AvgIpc) is 2.27. The van der Waals surface area contributed by atoms with Crippen LogP contribution < -0.4 is 5.32 Å². The second kappa shape index (κ2) is 6.72. The Morgan fingerprint density at radius 2 is 2.11 bits per heavy atom. The third kappa shape index (κ3) is 4.63. The highest BCUT2D eigenvalue weighted by molar-refractivity contribution is 9.10. The molecule has 0 saturated heterocycles. The molecule has 0 fully saturated rings. The van der Waals surface area contributed by atoms with Crippen molar-refractivity contribution in [2.45, 2.75) is 19.1 Å². The molecule has 0 amide bonds. The summed E-state index contributed by atoms with van der Waals surface area (Å²) >= 11 is 3.12. The molecule has 0 bridgehead atoms. The molecule has 0 aliphatic rings. The molecule has 5 nitrogen and oxygen atoms in total. The Hall–Kier alpha value is -1.12. The third-order valence-electron chi connectivity index (χ3n) is 2.13. The molecule has 0 aliphatic heterocycles. The van der Waals surface area contributed by atoms with E-state index in [4.69, 9.17) is 5.11 Å². The lowest BCUT2D eigenvalue weighted by Gasteiger charge is -2.10. The largest absolute Gasteiger partial charge is 0.386 e. The van der Waals surface area contributed by atoms with Crippen molar-refractivity contribution in [3.05, 3.63) is 38.3 Å². The normalized spacial score (nSPS) is 12.7. The van der Waals surface area contributed by atoms with Gasteiger partial charge in [0.1, 0.15) is 6.10 Å². The molecular weight excluding hydrogens is 314 g/mol. The molecule has 1 atom stereocenters. The smallest absolute Gasteiger partial charge is 0.270 e. The number of nitro benzene ring substituents is 1. The van der Waals surface area contributed by atoms with Crippen molar-refractivity contribution in [1.82, 2.24) is 5.32 Å². The van der Waals surface area contributed by atoms with Crippen molar-refractivity contribution in [1.29, 1.82) is 0 Å². The van der Waals surface area contributed by atoms with Gasteiger partial charge in [0.2, 0.25) is 0 Å². The number of benzene rings is 1. The Balaban J connectivity index is 2.60. The predicted octanol–water partition coefficient (Wildman–Crippen LogP) is 2.07. The first-order chi connectivity index (χ1) is 8.40. The highest BCUT2D eigenvalue weighted by Gasteiger charge is 2.16. The van der Waals surface area contributed by atoms with E-state index >= 15 is 0 Å². The van der Waals surface area contributed by atoms with Gasteiger partial charge in [0.15, 0.2) is 0 Å². The van der Waals surface area contributed by atoms with Crippen LogP contribution in [-0.4, -0.2) is 29.1 Å². The summed E-state index contributed by atoms with van der Waals surface area (Å²) in [6.07, 6.45) is -4.55. The molecule has 1 aromatic rings. The van der Waals surface area contributed by atoms with Crippen LogP contribution in [0.5, 0.6) is 0 Å². The quantitative estimate of drug-likeness (QED) is 0.620. The number of non-ortho nitro benzene ring substituents is 1. The summed E-state index contributed by atoms with van der Waals surface area (Å²) in [5, 5.41) is 22.1. The summed E-state index contributed by atoms with van der Waals surface area (Å²) in [6, 6.07) is 4.32. The van der Waals surface area contributed by atoms with Gasteiger partial charge in [-0.1, -0.05) is 15.9 Å². The van der Waals surface area contributed by atoms with Crippen LogP contribution in [0, 0.1) is 10.1 Å². The molecule has 2 N–H and O–H groups in total. The molecule has 1 rings (SSSR count). The number of halogens is 3. The standard InChI is InChI=1S/C10H11BrF2N2O3/c11-7-1-6(2-8(3-7)15(17)18)4-14-5-9(16)10(12)13/h1-3,9-10,14,16H,4-5H2. The predicted molar refractivity (Wildman–Crippen MR) is 64.5 cm³/mol. The van der Waals surface area contributed by atoms with Crippen LogP contribution in [0.3, 0.4) is 0 Å². The molecule has 0 aliphatic carbocycles. The first-order valence-corrected chi connectivity index (χ1v) is 5.80. The number of aliphatic hydroxyl groups excluding tert-OH is 1. The van der Waals surface area contributed by atoms with Gasteiger partial charge in [-0.15, -0.1) is 0 Å². The third-order valence-corrected chi connectivity index (χ3v) is 2.58. The second-order valence-corrected chi connectivity index (χ2v) is 4.52. The number of alkyl halides is 2. The van der Waals surface area contributed by atoms with E-state index in [1.165, 1.54) is 12.1 Å². The molecule has 0 heterocycles. The van der Waals surface area contributed by atoms with E-state index in [0.717, 1.165) is 0 Å². The SMILES string of the molecule is O=[N+]([O-])c1cc(Br)cc(CNCC(O)C(F)F)c1. The van der Waals surface area contributed by atoms with Crippen LogP contribution >= 0.6 is 15.9 Å². The molecule has 0 spiro atoms. The van der Waals surface area contributed by atoms with Crippen LogP contribution in [-0.2, 0) is 6.54 Å². The summed E-state index contributed by atoms with van der Waals surface area (Å²) in [7, 11) is 0. The maximum atomic E-state index is 12.0. The molecule has 100 valence electrons. The van der Waals surface area contributed by atoms with E-state index in [0.29, 0.717) is 10.0 Å². The minimum absolute atomic E-state index is 0.0874. The fraction of sp³-hybridized carbons (Fsp3) is 0.400. The van der Waals surface area contributed by atoms with Gasteiger partial charge in [-0.25, -0.2) is 8.78 Å². The van der Waals surface area contributed by atoms with Crippen molar-refractivity contribution in [3.8, 4) is 0 Å². The van der Waals surface area contributed by atoms with Gasteiger partial charge in [-0.05, 0) is 11.6 Å². The van der Waals surface area contributed by atoms with E-state index in [-0.39, 0.29) is 18.8 Å². The number of hydrogen-bond donors (Lipinski definition) is 2.